The van der Waals surface area contributed by atoms with Crippen molar-refractivity contribution in [1.82, 2.24) is 0 Å². The van der Waals surface area contributed by atoms with Gasteiger partial charge in [-0.15, -0.1) is 0 Å². The van der Waals surface area contributed by atoms with Gasteiger partial charge in [-0.05, 0) is 56.7 Å². The van der Waals surface area contributed by atoms with E-state index < -0.39 is 0 Å². The van der Waals surface area contributed by atoms with Crippen molar-refractivity contribution in [3.8, 4) is 5.75 Å². The Morgan fingerprint density at radius 1 is 1.32 bits per heavy atom. The Labute approximate surface area is 149 Å². The molecule has 5 heteroatoms. The highest BCUT2D eigenvalue weighted by Gasteiger charge is 2.26. The molecule has 2 aromatic rings. The predicted octanol–water partition coefficient (Wildman–Crippen LogP) is 3.22. The molecule has 2 N–H and O–H groups in total. The molecule has 3 rings (SSSR count). The van der Waals surface area contributed by atoms with E-state index in [0.717, 1.165) is 22.7 Å². The van der Waals surface area contributed by atoms with Gasteiger partial charge in [-0.3, -0.25) is 4.79 Å². The first-order chi connectivity index (χ1) is 12.0. The van der Waals surface area contributed by atoms with Crippen molar-refractivity contribution in [1.29, 1.82) is 0 Å². The van der Waals surface area contributed by atoms with E-state index in [0.29, 0.717) is 25.3 Å². The van der Waals surface area contributed by atoms with Gasteiger partial charge in [-0.2, -0.15) is 0 Å². The maximum absolute atomic E-state index is 13.0. The number of nitrogens with zero attached hydrogens (tertiary/aromatic N) is 2. The minimum atomic E-state index is 0.0259. The van der Waals surface area contributed by atoms with Crippen molar-refractivity contribution in [2.45, 2.75) is 26.9 Å². The van der Waals surface area contributed by atoms with Crippen LogP contribution in [0, 0.1) is 6.92 Å². The van der Waals surface area contributed by atoms with Crippen molar-refractivity contribution in [3.05, 3.63) is 48.0 Å². The Balaban J connectivity index is 1.84. The first kappa shape index (κ1) is 17.1. The number of anilines is 3. The summed E-state index contributed by atoms with van der Waals surface area (Å²) in [4.78, 5) is 16.8. The van der Waals surface area contributed by atoms with Crippen molar-refractivity contribution < 1.29 is 9.53 Å². The van der Waals surface area contributed by atoms with Gasteiger partial charge in [0.05, 0.1) is 18.8 Å². The number of benzene rings is 2. The van der Waals surface area contributed by atoms with Crippen molar-refractivity contribution in [3.63, 3.8) is 0 Å². The zero-order chi connectivity index (χ0) is 18.0. The third-order valence-corrected chi connectivity index (χ3v) is 4.39. The van der Waals surface area contributed by atoms with Gasteiger partial charge < -0.3 is 20.3 Å². The first-order valence-corrected chi connectivity index (χ1v) is 8.66. The summed E-state index contributed by atoms with van der Waals surface area (Å²) in [5, 5.41) is 0. The first-order valence-electron chi connectivity index (χ1n) is 8.66. The highest BCUT2D eigenvalue weighted by molar-refractivity contribution is 5.96. The number of carbonyl (C=O) groups excluding carboxylic acids is 1. The van der Waals surface area contributed by atoms with Crippen LogP contribution in [0.15, 0.2) is 42.5 Å². The second-order valence-electron chi connectivity index (χ2n) is 6.51. The fourth-order valence-electron chi connectivity index (χ4n) is 3.24. The number of hydrogen-bond donors (Lipinski definition) is 1. The molecule has 0 aliphatic carbocycles. The number of carbonyl (C=O) groups is 1. The molecule has 1 aliphatic heterocycles. The summed E-state index contributed by atoms with van der Waals surface area (Å²) in [5.74, 6) is 0.843. The van der Waals surface area contributed by atoms with Crippen molar-refractivity contribution in [2.24, 2.45) is 0 Å². The van der Waals surface area contributed by atoms with Crippen LogP contribution in [0.2, 0.25) is 0 Å². The van der Waals surface area contributed by atoms with Gasteiger partial charge in [0.2, 0.25) is 5.91 Å². The van der Waals surface area contributed by atoms with E-state index in [9.17, 15) is 4.79 Å². The lowest BCUT2D eigenvalue weighted by Crippen LogP contribution is -2.45. The summed E-state index contributed by atoms with van der Waals surface area (Å²) in [5.41, 5.74) is 9.55. The lowest BCUT2D eigenvalue weighted by molar-refractivity contribution is -0.117. The van der Waals surface area contributed by atoms with Crippen molar-refractivity contribution >= 4 is 23.0 Å². The minimum Gasteiger partial charge on any atom is -0.487 e. The smallest absolute Gasteiger partial charge is 0.246 e. The van der Waals surface area contributed by atoms with E-state index in [1.54, 1.807) is 0 Å². The molecule has 1 unspecified atom stereocenters. The van der Waals surface area contributed by atoms with Crippen molar-refractivity contribution in [2.75, 3.05) is 35.2 Å². The van der Waals surface area contributed by atoms with E-state index in [-0.39, 0.29) is 12.0 Å². The standard InChI is InChI=1S/C20H25N3O2/c1-4-23(17-7-5-6-14(2)10-17)20(24)13-22-12-15(3)25-19-9-8-16(21)11-18(19)22/h5-11,15H,4,12-13,21H2,1-3H3. The molecule has 0 fully saturated rings. The van der Waals surface area contributed by atoms with Crippen LogP contribution < -0.4 is 20.3 Å². The van der Waals surface area contributed by atoms with E-state index >= 15 is 0 Å². The molecule has 25 heavy (non-hydrogen) atoms. The minimum absolute atomic E-state index is 0.0259. The zero-order valence-corrected chi connectivity index (χ0v) is 15.0. The number of fused-ring (bicyclic) bond motifs is 1. The molecule has 0 bridgehead atoms. The monoisotopic (exact) mass is 339 g/mol. The largest absolute Gasteiger partial charge is 0.487 e. The maximum Gasteiger partial charge on any atom is 0.246 e. The number of hydrogen-bond acceptors (Lipinski definition) is 4. The molecular weight excluding hydrogens is 314 g/mol. The second-order valence-corrected chi connectivity index (χ2v) is 6.51. The third kappa shape index (κ3) is 3.71. The average molecular weight is 339 g/mol. The molecule has 0 radical (unpaired) electrons. The Morgan fingerprint density at radius 3 is 2.84 bits per heavy atom. The topological polar surface area (TPSA) is 58.8 Å². The number of aryl methyl sites for hydroxylation is 1. The van der Waals surface area contributed by atoms with Gasteiger partial charge in [0, 0.05) is 17.9 Å². The van der Waals surface area contributed by atoms with Crippen LogP contribution in [-0.4, -0.2) is 31.6 Å². The lowest BCUT2D eigenvalue weighted by atomic mass is 10.1. The highest BCUT2D eigenvalue weighted by atomic mass is 16.5. The van der Waals surface area contributed by atoms with E-state index in [4.69, 9.17) is 10.5 Å². The Bertz CT molecular complexity index is 775. The molecule has 5 nitrogen and oxygen atoms in total. The normalized spacial score (nSPS) is 16.1. The summed E-state index contributed by atoms with van der Waals surface area (Å²) in [7, 11) is 0. The van der Waals surface area contributed by atoms with E-state index in [2.05, 4.69) is 4.90 Å². The lowest BCUT2D eigenvalue weighted by Gasteiger charge is -2.36. The predicted molar refractivity (Wildman–Crippen MR) is 102 cm³/mol. The van der Waals surface area contributed by atoms with Crippen LogP contribution in [0.4, 0.5) is 17.1 Å². The van der Waals surface area contributed by atoms with E-state index in [1.165, 1.54) is 0 Å². The molecule has 1 amide bonds. The van der Waals surface area contributed by atoms with Crippen LogP contribution in [0.1, 0.15) is 19.4 Å². The molecule has 1 heterocycles. The number of likely N-dealkylation sites (N-methyl/N-ethyl adjacent to an activating group) is 1. The quantitative estimate of drug-likeness (QED) is 0.869. The van der Waals surface area contributed by atoms with Gasteiger partial charge in [-0.25, -0.2) is 0 Å². The highest BCUT2D eigenvalue weighted by Crippen LogP contribution is 2.35. The van der Waals surface area contributed by atoms with Crippen LogP contribution >= 0.6 is 0 Å². The maximum atomic E-state index is 13.0. The summed E-state index contributed by atoms with van der Waals surface area (Å²) >= 11 is 0. The molecule has 1 aliphatic rings. The summed E-state index contributed by atoms with van der Waals surface area (Å²) < 4.78 is 5.86. The number of rotatable bonds is 4. The van der Waals surface area contributed by atoms with Crippen LogP contribution in [0.5, 0.6) is 5.75 Å². The molecule has 132 valence electrons. The van der Waals surface area contributed by atoms with Crippen LogP contribution in [0.3, 0.4) is 0 Å². The second kappa shape index (κ2) is 7.05. The molecule has 1 atom stereocenters. The molecule has 0 spiro atoms. The summed E-state index contributed by atoms with van der Waals surface area (Å²) in [6.07, 6.45) is 0.0259. The SMILES string of the molecule is CCN(C(=O)CN1CC(C)Oc2ccc(N)cc21)c1cccc(C)c1. The Kier molecular flexibility index (Phi) is 4.83. The molecule has 0 saturated heterocycles. The van der Waals surface area contributed by atoms with Gasteiger partial charge >= 0.3 is 0 Å². The molecular formula is C20H25N3O2. The zero-order valence-electron chi connectivity index (χ0n) is 15.0. The van der Waals surface area contributed by atoms with Crippen LogP contribution in [-0.2, 0) is 4.79 Å². The van der Waals surface area contributed by atoms with Crippen LogP contribution in [0.25, 0.3) is 0 Å². The van der Waals surface area contributed by atoms with Gasteiger partial charge in [0.15, 0.2) is 0 Å². The fourth-order valence-corrected chi connectivity index (χ4v) is 3.24. The third-order valence-electron chi connectivity index (χ3n) is 4.39. The number of ether oxygens (including phenoxy) is 1. The number of nitrogens with two attached hydrogens (primary N) is 1. The van der Waals surface area contributed by atoms with Gasteiger partial charge in [0.1, 0.15) is 11.9 Å². The Morgan fingerprint density at radius 2 is 2.12 bits per heavy atom. The number of amides is 1. The van der Waals surface area contributed by atoms with Gasteiger partial charge in [-0.1, -0.05) is 12.1 Å². The molecule has 2 aromatic carbocycles. The Hall–Kier alpha value is -2.69. The number of nitrogen functional groups attached to an aromatic ring is 1. The van der Waals surface area contributed by atoms with Gasteiger partial charge in [0.25, 0.3) is 0 Å². The molecule has 0 aromatic heterocycles. The summed E-state index contributed by atoms with van der Waals surface area (Å²) in [6, 6.07) is 13.6. The molecule has 0 saturated carbocycles. The van der Waals surface area contributed by atoms with E-state index in [1.807, 2.05) is 68.1 Å². The summed E-state index contributed by atoms with van der Waals surface area (Å²) in [6.45, 7) is 7.62. The fraction of sp³-hybridized carbons (Fsp3) is 0.350. The average Bonchev–Trinajstić information content (AvgIpc) is 2.56.